The first-order chi connectivity index (χ1) is 9.15. The Bertz CT molecular complexity index is 498. The number of hydrogen-bond acceptors (Lipinski definition) is 4. The first-order valence-corrected chi connectivity index (χ1v) is 7.23. The molecule has 0 bridgehead atoms. The summed E-state index contributed by atoms with van der Waals surface area (Å²) in [6, 6.07) is 7.80. The maximum absolute atomic E-state index is 15.1. The lowest BCUT2D eigenvalue weighted by atomic mass is 10.1. The predicted octanol–water partition coefficient (Wildman–Crippen LogP) is 2.11. The van der Waals surface area contributed by atoms with Crippen LogP contribution in [0.15, 0.2) is 30.3 Å². The van der Waals surface area contributed by atoms with Crippen molar-refractivity contribution in [3.8, 4) is 0 Å². The van der Waals surface area contributed by atoms with Gasteiger partial charge in [0, 0.05) is 4.75 Å². The molecular weight excluding hydrogens is 283 g/mol. The highest BCUT2D eigenvalue weighted by atomic mass is 32.2. The van der Waals surface area contributed by atoms with Gasteiger partial charge in [0.2, 0.25) is 0 Å². The number of alkyl halides is 1. The van der Waals surface area contributed by atoms with Gasteiger partial charge in [-0.05, 0) is 26.3 Å². The summed E-state index contributed by atoms with van der Waals surface area (Å²) in [7, 11) is -1.30. The average molecular weight is 302 g/mol. The summed E-state index contributed by atoms with van der Waals surface area (Å²) < 4.78 is 30.9. The molecule has 1 aromatic rings. The van der Waals surface area contributed by atoms with E-state index in [4.69, 9.17) is 0 Å². The minimum atomic E-state index is -3.02. The number of aliphatic hydroxyl groups is 1. The van der Waals surface area contributed by atoms with Crippen LogP contribution in [0, 0.1) is 0 Å². The van der Waals surface area contributed by atoms with Crippen molar-refractivity contribution in [1.29, 1.82) is 0 Å². The van der Waals surface area contributed by atoms with Crippen LogP contribution in [-0.4, -0.2) is 32.1 Å². The summed E-state index contributed by atoms with van der Waals surface area (Å²) >= 11 is 0. The Morgan fingerprint density at radius 1 is 1.30 bits per heavy atom. The van der Waals surface area contributed by atoms with Gasteiger partial charge in [0.1, 0.15) is 6.10 Å². The number of benzene rings is 1. The molecule has 0 saturated heterocycles. The highest BCUT2D eigenvalue weighted by molar-refractivity contribution is 7.88. The summed E-state index contributed by atoms with van der Waals surface area (Å²) in [4.78, 5) is 11.8. The van der Waals surface area contributed by atoms with Gasteiger partial charge in [-0.25, -0.2) is 9.18 Å². The Labute approximate surface area is 120 Å². The largest absolute Gasteiger partial charge is 0.466 e. The second kappa shape index (κ2) is 6.01. The number of methoxy groups -OCH3 is 1. The zero-order valence-electron chi connectivity index (χ0n) is 11.9. The van der Waals surface area contributed by atoms with Gasteiger partial charge in [-0.1, -0.05) is 30.3 Å². The molecule has 1 aromatic carbocycles. The van der Waals surface area contributed by atoms with Crippen molar-refractivity contribution in [2.45, 2.75) is 36.6 Å². The van der Waals surface area contributed by atoms with E-state index in [-0.39, 0.29) is 5.56 Å². The van der Waals surface area contributed by atoms with Gasteiger partial charge in [0.05, 0.1) is 17.9 Å². The molecule has 1 N–H and O–H groups in total. The Balaban J connectivity index is 3.33. The first kappa shape index (κ1) is 16.8. The molecule has 0 saturated carbocycles. The molecule has 112 valence electrons. The number of carbonyl (C=O) groups excluding carboxylic acids is 1. The third-order valence-electron chi connectivity index (χ3n) is 2.76. The van der Waals surface area contributed by atoms with E-state index in [1.807, 2.05) is 0 Å². The highest BCUT2D eigenvalue weighted by Gasteiger charge is 2.56. The maximum Gasteiger partial charge on any atom is 0.360 e. The van der Waals surface area contributed by atoms with Crippen LogP contribution in [0.2, 0.25) is 0 Å². The smallest absolute Gasteiger partial charge is 0.360 e. The molecular formula is C14H19FO4S. The van der Waals surface area contributed by atoms with Crippen molar-refractivity contribution in [1.82, 2.24) is 0 Å². The monoisotopic (exact) mass is 302 g/mol. The van der Waals surface area contributed by atoms with Crippen LogP contribution in [0.4, 0.5) is 4.39 Å². The van der Waals surface area contributed by atoms with Gasteiger partial charge in [-0.15, -0.1) is 0 Å². The molecule has 0 amide bonds. The first-order valence-electron chi connectivity index (χ1n) is 6.08. The lowest BCUT2D eigenvalue weighted by Gasteiger charge is -2.32. The van der Waals surface area contributed by atoms with Crippen molar-refractivity contribution in [2.75, 3.05) is 7.11 Å². The lowest BCUT2D eigenvalue weighted by molar-refractivity contribution is -0.154. The van der Waals surface area contributed by atoms with Crippen LogP contribution < -0.4 is 0 Å². The summed E-state index contributed by atoms with van der Waals surface area (Å²) in [5.41, 5.74) is 0.165. The van der Waals surface area contributed by atoms with E-state index in [0.717, 1.165) is 7.11 Å². The summed E-state index contributed by atoms with van der Waals surface area (Å²) in [5.74, 6) is -1.35. The zero-order chi connectivity index (χ0) is 15.6. The fourth-order valence-electron chi connectivity index (χ4n) is 1.72. The summed E-state index contributed by atoms with van der Waals surface area (Å²) in [6.45, 7) is 4.58. The Kier molecular flexibility index (Phi) is 5.05. The van der Waals surface area contributed by atoms with Gasteiger partial charge in [0.25, 0.3) is 0 Å². The quantitative estimate of drug-likeness (QED) is 0.865. The van der Waals surface area contributed by atoms with Crippen LogP contribution in [0.3, 0.4) is 0 Å². The number of carbonyl (C=O) groups is 1. The SMILES string of the molecule is COC(=O)[C@@](F)([C@@H](O)c1ccccc1)S(=O)C(C)(C)C. The van der Waals surface area contributed by atoms with Crippen molar-refractivity contribution >= 4 is 16.8 Å². The summed E-state index contributed by atoms with van der Waals surface area (Å²) in [6.07, 6.45) is -1.86. The molecule has 4 nitrogen and oxygen atoms in total. The summed E-state index contributed by atoms with van der Waals surface area (Å²) in [5, 5.41) is 7.19. The number of rotatable bonds is 4. The second-order valence-electron chi connectivity index (χ2n) is 5.33. The lowest BCUT2D eigenvalue weighted by Crippen LogP contribution is -2.50. The van der Waals surface area contributed by atoms with Gasteiger partial charge in [-0.2, -0.15) is 0 Å². The third-order valence-corrected chi connectivity index (χ3v) is 4.80. The van der Waals surface area contributed by atoms with Gasteiger partial charge < -0.3 is 9.84 Å². The van der Waals surface area contributed by atoms with Crippen LogP contribution in [0.25, 0.3) is 0 Å². The predicted molar refractivity (Wildman–Crippen MR) is 75.2 cm³/mol. The van der Waals surface area contributed by atoms with Crippen LogP contribution in [-0.2, 0) is 20.3 Å². The van der Waals surface area contributed by atoms with E-state index in [9.17, 15) is 14.1 Å². The standard InChI is InChI=1S/C14H19FO4S/c1-13(2,3)20(18)14(15,12(17)19-4)11(16)10-8-6-5-7-9-10/h5-9,11,16H,1-4H3/t11-,14+,20?/m0/s1. The maximum atomic E-state index is 15.1. The molecule has 0 radical (unpaired) electrons. The normalized spacial score (nSPS) is 17.9. The minimum absolute atomic E-state index is 0.165. The van der Waals surface area contributed by atoms with E-state index >= 15 is 4.39 Å². The van der Waals surface area contributed by atoms with Crippen molar-refractivity contribution in [3.05, 3.63) is 35.9 Å². The zero-order valence-corrected chi connectivity index (χ0v) is 12.7. The van der Waals surface area contributed by atoms with Gasteiger partial charge in [0.15, 0.2) is 0 Å². The molecule has 0 fully saturated rings. The molecule has 6 heteroatoms. The number of halogens is 1. The second-order valence-corrected chi connectivity index (χ2v) is 7.69. The number of esters is 1. The van der Waals surface area contributed by atoms with Crippen LogP contribution in [0.1, 0.15) is 32.4 Å². The van der Waals surface area contributed by atoms with Crippen molar-refractivity contribution in [3.63, 3.8) is 0 Å². The molecule has 0 aliphatic heterocycles. The average Bonchev–Trinajstić information content (AvgIpc) is 2.43. The molecule has 0 aliphatic carbocycles. The van der Waals surface area contributed by atoms with Crippen molar-refractivity contribution < 1.29 is 23.2 Å². The molecule has 1 unspecified atom stereocenters. The molecule has 0 aliphatic rings. The fourth-order valence-corrected chi connectivity index (χ4v) is 3.19. The van der Waals surface area contributed by atoms with E-state index in [0.29, 0.717) is 0 Å². The Hall–Kier alpha value is -1.27. The van der Waals surface area contributed by atoms with Crippen molar-refractivity contribution in [2.24, 2.45) is 0 Å². The number of aliphatic hydroxyl groups excluding tert-OH is 1. The van der Waals surface area contributed by atoms with E-state index in [1.165, 1.54) is 32.9 Å². The van der Waals surface area contributed by atoms with E-state index in [1.54, 1.807) is 18.2 Å². The topological polar surface area (TPSA) is 63.6 Å². The molecule has 0 aromatic heterocycles. The number of ether oxygens (including phenoxy) is 1. The molecule has 0 spiro atoms. The Morgan fingerprint density at radius 3 is 2.20 bits per heavy atom. The van der Waals surface area contributed by atoms with Crippen LogP contribution in [0.5, 0.6) is 0 Å². The molecule has 1 rings (SSSR count). The van der Waals surface area contributed by atoms with Crippen LogP contribution >= 0.6 is 0 Å². The van der Waals surface area contributed by atoms with Gasteiger partial charge >= 0.3 is 11.0 Å². The fraction of sp³-hybridized carbons (Fsp3) is 0.500. The van der Waals surface area contributed by atoms with E-state index < -0.39 is 32.6 Å². The molecule has 3 atom stereocenters. The van der Waals surface area contributed by atoms with Gasteiger partial charge in [-0.3, -0.25) is 4.21 Å². The highest BCUT2D eigenvalue weighted by Crippen LogP contribution is 2.38. The van der Waals surface area contributed by atoms with E-state index in [2.05, 4.69) is 4.74 Å². The number of hydrogen-bond donors (Lipinski definition) is 1. The Morgan fingerprint density at radius 2 is 1.80 bits per heavy atom. The molecule has 0 heterocycles. The minimum Gasteiger partial charge on any atom is -0.466 e. The third kappa shape index (κ3) is 3.07. The molecule has 20 heavy (non-hydrogen) atoms.